The summed E-state index contributed by atoms with van der Waals surface area (Å²) in [5, 5.41) is 17.4. The summed E-state index contributed by atoms with van der Waals surface area (Å²) in [6.07, 6.45) is 0. The Morgan fingerprint density at radius 1 is 1.18 bits per heavy atom. The molecule has 9 nitrogen and oxygen atoms in total. The fourth-order valence-corrected chi connectivity index (χ4v) is 3.89. The van der Waals surface area contributed by atoms with Gasteiger partial charge in [-0.05, 0) is 62.7 Å². The van der Waals surface area contributed by atoms with E-state index in [1.807, 2.05) is 45.0 Å². The maximum atomic E-state index is 12.7. The molecule has 33 heavy (non-hydrogen) atoms. The Labute approximate surface area is 191 Å². The Kier molecular flexibility index (Phi) is 6.21. The highest BCUT2D eigenvalue weighted by Crippen LogP contribution is 2.39. The highest BCUT2D eigenvalue weighted by molar-refractivity contribution is 5.87. The number of methoxy groups -OCH3 is 1. The predicted molar refractivity (Wildman–Crippen MR) is 122 cm³/mol. The minimum absolute atomic E-state index is 0.0280. The number of carbonyl (C=O) groups is 1. The molecule has 2 N–H and O–H groups in total. The van der Waals surface area contributed by atoms with E-state index in [-0.39, 0.29) is 17.7 Å². The number of phenols is 1. The standard InChI is InChI=1S/C24H26N4O5/c1-5-28-14(3)20(21(25-24(28)30)16-9-12-19(31-4)18(29)13-16)23-26-22(27-33-23)15-7-10-17(11-8-15)32-6-2/h7-13,21,29H,5-6H2,1-4H3,(H,25,30). The molecule has 0 aliphatic carbocycles. The maximum Gasteiger partial charge on any atom is 0.322 e. The molecule has 3 aromatic rings. The molecule has 0 bridgehead atoms. The number of aromatic nitrogens is 2. The number of rotatable bonds is 7. The van der Waals surface area contributed by atoms with E-state index in [4.69, 9.17) is 14.0 Å². The second kappa shape index (κ2) is 9.23. The molecule has 4 rings (SSSR count). The van der Waals surface area contributed by atoms with Gasteiger partial charge in [0.1, 0.15) is 5.75 Å². The number of urea groups is 1. The number of allylic oxidation sites excluding steroid dienone is 1. The van der Waals surface area contributed by atoms with Crippen molar-refractivity contribution in [1.29, 1.82) is 0 Å². The second-order valence-corrected chi connectivity index (χ2v) is 7.44. The summed E-state index contributed by atoms with van der Waals surface area (Å²) < 4.78 is 16.3. The van der Waals surface area contributed by atoms with E-state index < -0.39 is 6.04 Å². The van der Waals surface area contributed by atoms with Crippen LogP contribution in [0.3, 0.4) is 0 Å². The highest BCUT2D eigenvalue weighted by atomic mass is 16.5. The van der Waals surface area contributed by atoms with Gasteiger partial charge in [0.2, 0.25) is 5.82 Å². The minimum Gasteiger partial charge on any atom is -0.504 e. The molecule has 0 spiro atoms. The Bertz CT molecular complexity index is 1190. The van der Waals surface area contributed by atoms with E-state index in [0.717, 1.165) is 11.3 Å². The van der Waals surface area contributed by atoms with Crippen LogP contribution in [-0.2, 0) is 0 Å². The van der Waals surface area contributed by atoms with Crippen LogP contribution in [0, 0.1) is 0 Å². The molecule has 0 fully saturated rings. The van der Waals surface area contributed by atoms with Crippen LogP contribution >= 0.6 is 0 Å². The van der Waals surface area contributed by atoms with E-state index in [0.29, 0.717) is 41.6 Å². The van der Waals surface area contributed by atoms with Crippen LogP contribution in [0.15, 0.2) is 52.7 Å². The van der Waals surface area contributed by atoms with Crippen molar-refractivity contribution in [3.05, 3.63) is 59.6 Å². The van der Waals surface area contributed by atoms with Gasteiger partial charge >= 0.3 is 6.03 Å². The van der Waals surface area contributed by atoms with Gasteiger partial charge in [0.15, 0.2) is 11.5 Å². The van der Waals surface area contributed by atoms with E-state index in [9.17, 15) is 9.90 Å². The monoisotopic (exact) mass is 450 g/mol. The molecule has 1 aromatic heterocycles. The van der Waals surface area contributed by atoms with Crippen molar-refractivity contribution >= 4 is 11.6 Å². The number of benzene rings is 2. The van der Waals surface area contributed by atoms with Gasteiger partial charge < -0.3 is 24.4 Å². The normalized spacial score (nSPS) is 16.1. The van der Waals surface area contributed by atoms with Gasteiger partial charge in [-0.15, -0.1) is 0 Å². The number of ether oxygens (including phenoxy) is 2. The van der Waals surface area contributed by atoms with E-state index in [1.165, 1.54) is 7.11 Å². The first-order valence-electron chi connectivity index (χ1n) is 10.7. The van der Waals surface area contributed by atoms with Crippen molar-refractivity contribution in [2.24, 2.45) is 0 Å². The van der Waals surface area contributed by atoms with Crippen LogP contribution < -0.4 is 14.8 Å². The zero-order chi connectivity index (χ0) is 23.5. The number of aromatic hydroxyl groups is 1. The molecule has 1 aliphatic heterocycles. The summed E-state index contributed by atoms with van der Waals surface area (Å²) in [4.78, 5) is 19.0. The molecule has 1 aliphatic rings. The van der Waals surface area contributed by atoms with Crippen LogP contribution in [0.25, 0.3) is 17.0 Å². The molecule has 0 saturated heterocycles. The van der Waals surface area contributed by atoms with Crippen molar-refractivity contribution in [1.82, 2.24) is 20.4 Å². The molecule has 2 amide bonds. The highest BCUT2D eigenvalue weighted by Gasteiger charge is 2.35. The van der Waals surface area contributed by atoms with Crippen molar-refractivity contribution in [2.45, 2.75) is 26.8 Å². The first-order valence-corrected chi connectivity index (χ1v) is 10.7. The first kappa shape index (κ1) is 22.2. The topological polar surface area (TPSA) is 110 Å². The summed E-state index contributed by atoms with van der Waals surface area (Å²) in [5.74, 6) is 1.78. The fraction of sp³-hybridized carbons (Fsp3) is 0.292. The fourth-order valence-electron chi connectivity index (χ4n) is 3.89. The Balaban J connectivity index is 1.76. The number of amides is 2. The van der Waals surface area contributed by atoms with Crippen LogP contribution in [-0.4, -0.2) is 46.4 Å². The number of carbonyl (C=O) groups excluding carboxylic acids is 1. The summed E-state index contributed by atoms with van der Waals surface area (Å²) in [6.45, 7) is 6.72. The molecule has 172 valence electrons. The van der Waals surface area contributed by atoms with Gasteiger partial charge in [-0.2, -0.15) is 4.98 Å². The molecule has 2 heterocycles. The lowest BCUT2D eigenvalue weighted by Crippen LogP contribution is -2.45. The Morgan fingerprint density at radius 2 is 1.94 bits per heavy atom. The lowest BCUT2D eigenvalue weighted by atomic mass is 9.94. The maximum absolute atomic E-state index is 12.7. The predicted octanol–water partition coefficient (Wildman–Crippen LogP) is 4.37. The zero-order valence-electron chi connectivity index (χ0n) is 19.0. The number of hydrogen-bond acceptors (Lipinski definition) is 7. The molecular formula is C24H26N4O5. The van der Waals surface area contributed by atoms with Crippen molar-refractivity contribution in [3.8, 4) is 28.6 Å². The Morgan fingerprint density at radius 3 is 2.58 bits per heavy atom. The quantitative estimate of drug-likeness (QED) is 0.550. The third-order valence-electron chi connectivity index (χ3n) is 5.53. The summed E-state index contributed by atoms with van der Waals surface area (Å²) in [6, 6.07) is 11.6. The van der Waals surface area contributed by atoms with Gasteiger partial charge in [-0.3, -0.25) is 4.90 Å². The zero-order valence-corrected chi connectivity index (χ0v) is 19.0. The molecule has 1 unspecified atom stereocenters. The number of nitrogens with one attached hydrogen (secondary N) is 1. The van der Waals surface area contributed by atoms with Crippen LogP contribution in [0.1, 0.15) is 38.3 Å². The summed E-state index contributed by atoms with van der Waals surface area (Å²) in [5.41, 5.74) is 2.79. The van der Waals surface area contributed by atoms with Gasteiger partial charge in [0, 0.05) is 17.8 Å². The third-order valence-corrected chi connectivity index (χ3v) is 5.53. The molecule has 9 heteroatoms. The van der Waals surface area contributed by atoms with Crippen molar-refractivity contribution < 1.29 is 23.9 Å². The summed E-state index contributed by atoms with van der Waals surface area (Å²) in [7, 11) is 1.48. The van der Waals surface area contributed by atoms with Crippen LogP contribution in [0.4, 0.5) is 4.79 Å². The number of nitrogens with zero attached hydrogens (tertiary/aromatic N) is 3. The van der Waals surface area contributed by atoms with Gasteiger partial charge in [-0.1, -0.05) is 11.2 Å². The van der Waals surface area contributed by atoms with Gasteiger partial charge in [0.25, 0.3) is 5.89 Å². The average Bonchev–Trinajstić information content (AvgIpc) is 3.29. The number of hydrogen-bond donors (Lipinski definition) is 2. The lowest BCUT2D eigenvalue weighted by molar-refractivity contribution is 0.207. The van der Waals surface area contributed by atoms with Crippen LogP contribution in [0.5, 0.6) is 17.2 Å². The van der Waals surface area contributed by atoms with E-state index in [2.05, 4.69) is 15.5 Å². The Hall–Kier alpha value is -4.01. The third kappa shape index (κ3) is 4.21. The summed E-state index contributed by atoms with van der Waals surface area (Å²) >= 11 is 0. The smallest absolute Gasteiger partial charge is 0.322 e. The number of phenolic OH excluding ortho intramolecular Hbond substituents is 1. The minimum atomic E-state index is -0.592. The largest absolute Gasteiger partial charge is 0.504 e. The van der Waals surface area contributed by atoms with E-state index >= 15 is 0 Å². The van der Waals surface area contributed by atoms with Gasteiger partial charge in [-0.25, -0.2) is 4.79 Å². The van der Waals surface area contributed by atoms with Crippen molar-refractivity contribution in [3.63, 3.8) is 0 Å². The van der Waals surface area contributed by atoms with E-state index in [1.54, 1.807) is 23.1 Å². The molecule has 2 aromatic carbocycles. The second-order valence-electron chi connectivity index (χ2n) is 7.44. The molecular weight excluding hydrogens is 424 g/mol. The average molecular weight is 450 g/mol. The van der Waals surface area contributed by atoms with Gasteiger partial charge in [0.05, 0.1) is 25.3 Å². The molecule has 0 saturated carbocycles. The first-order chi connectivity index (χ1) is 16.0. The lowest BCUT2D eigenvalue weighted by Gasteiger charge is -2.34. The van der Waals surface area contributed by atoms with Crippen LogP contribution in [0.2, 0.25) is 0 Å². The SMILES string of the molecule is CCOc1ccc(-c2noc(C3=C(C)N(CC)C(=O)NC3c3ccc(OC)c(O)c3)n2)cc1. The molecule has 0 radical (unpaired) electrons. The molecule has 1 atom stereocenters. The van der Waals surface area contributed by atoms with Crippen molar-refractivity contribution in [2.75, 3.05) is 20.3 Å².